The summed E-state index contributed by atoms with van der Waals surface area (Å²) in [4.78, 5) is 4.22. The molecule has 1 aromatic heterocycles. The Morgan fingerprint density at radius 1 is 1.19 bits per heavy atom. The number of nitrogens with one attached hydrogen (secondary N) is 1. The highest BCUT2D eigenvalue weighted by Gasteiger charge is 2.35. The topological polar surface area (TPSA) is 24.9 Å². The quantitative estimate of drug-likeness (QED) is 0.866. The fourth-order valence-corrected chi connectivity index (χ4v) is 2.38. The van der Waals surface area contributed by atoms with Gasteiger partial charge in [-0.2, -0.15) is 13.2 Å². The predicted octanol–water partition coefficient (Wildman–Crippen LogP) is 4.56. The van der Waals surface area contributed by atoms with Gasteiger partial charge in [0.2, 0.25) is 0 Å². The molecule has 0 aliphatic carbocycles. The highest BCUT2D eigenvalue weighted by atomic mass is 79.9. The molecule has 1 atom stereocenters. The number of benzene rings is 1. The molecule has 0 radical (unpaired) electrons. The maximum Gasteiger partial charge on any atom is 0.416 e. The van der Waals surface area contributed by atoms with Crippen LogP contribution in [0.4, 0.5) is 13.2 Å². The Labute approximate surface area is 129 Å². The summed E-state index contributed by atoms with van der Waals surface area (Å²) in [5.41, 5.74) is 0.0964. The molecule has 1 N–H and O–H groups in total. The van der Waals surface area contributed by atoms with Gasteiger partial charge >= 0.3 is 6.18 Å². The van der Waals surface area contributed by atoms with Crippen molar-refractivity contribution >= 4 is 15.9 Å². The van der Waals surface area contributed by atoms with Crippen molar-refractivity contribution in [3.05, 3.63) is 63.9 Å². The number of hydrogen-bond acceptors (Lipinski definition) is 2. The van der Waals surface area contributed by atoms with Gasteiger partial charge in [-0.15, -0.1) is 0 Å². The van der Waals surface area contributed by atoms with Crippen LogP contribution in [0.2, 0.25) is 0 Å². The second-order valence-corrected chi connectivity index (χ2v) is 5.39. The lowest BCUT2D eigenvalue weighted by Gasteiger charge is -2.22. The van der Waals surface area contributed by atoms with Crippen LogP contribution in [-0.2, 0) is 6.18 Å². The Morgan fingerprint density at radius 2 is 1.90 bits per heavy atom. The van der Waals surface area contributed by atoms with E-state index in [-0.39, 0.29) is 5.56 Å². The van der Waals surface area contributed by atoms with E-state index in [0.29, 0.717) is 12.2 Å². The first-order chi connectivity index (χ1) is 9.93. The fraction of sp³-hybridized carbons (Fsp3) is 0.267. The van der Waals surface area contributed by atoms with Crippen molar-refractivity contribution < 1.29 is 13.2 Å². The van der Waals surface area contributed by atoms with E-state index in [1.165, 1.54) is 12.1 Å². The van der Waals surface area contributed by atoms with Crippen LogP contribution in [0.3, 0.4) is 0 Å². The average Bonchev–Trinajstić information content (AvgIpc) is 2.45. The number of pyridine rings is 1. The van der Waals surface area contributed by atoms with E-state index in [1.54, 1.807) is 24.4 Å². The van der Waals surface area contributed by atoms with Gasteiger partial charge in [0.25, 0.3) is 0 Å². The van der Waals surface area contributed by atoms with Crippen LogP contribution >= 0.6 is 15.9 Å². The summed E-state index contributed by atoms with van der Waals surface area (Å²) >= 11 is 3.27. The lowest BCUT2D eigenvalue weighted by Crippen LogP contribution is -2.25. The van der Waals surface area contributed by atoms with Crippen molar-refractivity contribution in [3.8, 4) is 0 Å². The zero-order valence-corrected chi connectivity index (χ0v) is 12.9. The van der Waals surface area contributed by atoms with E-state index < -0.39 is 17.8 Å². The van der Waals surface area contributed by atoms with Gasteiger partial charge in [0.1, 0.15) is 0 Å². The SMILES string of the molecule is CCNC(c1ccc(Br)cn1)c1ccccc1C(F)(F)F. The van der Waals surface area contributed by atoms with Gasteiger partial charge in [-0.3, -0.25) is 4.98 Å². The highest BCUT2D eigenvalue weighted by molar-refractivity contribution is 9.10. The lowest BCUT2D eigenvalue weighted by atomic mass is 9.97. The Kier molecular flexibility index (Phi) is 5.00. The Bertz CT molecular complexity index is 597. The maximum atomic E-state index is 13.2. The van der Waals surface area contributed by atoms with Crippen LogP contribution in [0.1, 0.15) is 29.8 Å². The molecule has 0 fully saturated rings. The van der Waals surface area contributed by atoms with E-state index in [4.69, 9.17) is 0 Å². The van der Waals surface area contributed by atoms with Gasteiger partial charge < -0.3 is 5.32 Å². The van der Waals surface area contributed by atoms with E-state index >= 15 is 0 Å². The minimum absolute atomic E-state index is 0.182. The molecule has 112 valence electrons. The first-order valence-corrected chi connectivity index (χ1v) is 7.23. The van der Waals surface area contributed by atoms with Crippen molar-refractivity contribution in [2.45, 2.75) is 19.1 Å². The summed E-state index contributed by atoms with van der Waals surface area (Å²) in [6, 6.07) is 8.46. The summed E-state index contributed by atoms with van der Waals surface area (Å²) in [7, 11) is 0. The molecule has 0 amide bonds. The number of aromatic nitrogens is 1. The Morgan fingerprint density at radius 3 is 2.48 bits per heavy atom. The monoisotopic (exact) mass is 358 g/mol. The van der Waals surface area contributed by atoms with E-state index in [2.05, 4.69) is 26.2 Å². The van der Waals surface area contributed by atoms with Gasteiger partial charge in [0.15, 0.2) is 0 Å². The van der Waals surface area contributed by atoms with Gasteiger partial charge in [-0.05, 0) is 46.2 Å². The minimum Gasteiger partial charge on any atom is -0.305 e. The molecule has 1 unspecified atom stereocenters. The van der Waals surface area contributed by atoms with Crippen LogP contribution in [0, 0.1) is 0 Å². The molecule has 2 aromatic rings. The summed E-state index contributed by atoms with van der Waals surface area (Å²) in [6.07, 6.45) is -2.81. The van der Waals surface area contributed by atoms with Crippen LogP contribution in [0.5, 0.6) is 0 Å². The molecule has 0 aliphatic heterocycles. The lowest BCUT2D eigenvalue weighted by molar-refractivity contribution is -0.138. The Balaban J connectivity index is 2.51. The second-order valence-electron chi connectivity index (χ2n) is 4.48. The predicted molar refractivity (Wildman–Crippen MR) is 78.9 cm³/mol. The largest absolute Gasteiger partial charge is 0.416 e. The summed E-state index contributed by atoms with van der Waals surface area (Å²) < 4.78 is 40.3. The Hall–Kier alpha value is -1.40. The first kappa shape index (κ1) is 16.0. The molecule has 0 bridgehead atoms. The third-order valence-electron chi connectivity index (χ3n) is 3.03. The number of rotatable bonds is 4. The van der Waals surface area contributed by atoms with Gasteiger partial charge in [0, 0.05) is 10.7 Å². The molecule has 0 saturated heterocycles. The molecule has 1 heterocycles. The van der Waals surface area contributed by atoms with E-state index in [1.807, 2.05) is 6.92 Å². The molecular formula is C15H14BrF3N2. The van der Waals surface area contributed by atoms with Crippen LogP contribution in [-0.4, -0.2) is 11.5 Å². The van der Waals surface area contributed by atoms with Crippen LogP contribution in [0.15, 0.2) is 47.1 Å². The number of hydrogen-bond donors (Lipinski definition) is 1. The smallest absolute Gasteiger partial charge is 0.305 e. The molecule has 21 heavy (non-hydrogen) atoms. The number of halogens is 4. The average molecular weight is 359 g/mol. The third kappa shape index (κ3) is 3.83. The molecule has 1 aromatic carbocycles. The summed E-state index contributed by atoms with van der Waals surface area (Å²) in [5.74, 6) is 0. The second kappa shape index (κ2) is 6.58. The molecule has 2 rings (SSSR count). The molecule has 2 nitrogen and oxygen atoms in total. The van der Waals surface area contributed by atoms with Crippen molar-refractivity contribution in [1.82, 2.24) is 10.3 Å². The molecule has 0 aliphatic rings. The number of alkyl halides is 3. The van der Waals surface area contributed by atoms with E-state index in [0.717, 1.165) is 10.5 Å². The maximum absolute atomic E-state index is 13.2. The summed E-state index contributed by atoms with van der Waals surface area (Å²) in [5, 5.41) is 3.07. The molecular weight excluding hydrogens is 345 g/mol. The zero-order chi connectivity index (χ0) is 15.5. The third-order valence-corrected chi connectivity index (χ3v) is 3.50. The molecule has 0 spiro atoms. The van der Waals surface area contributed by atoms with Crippen molar-refractivity contribution in [2.24, 2.45) is 0 Å². The van der Waals surface area contributed by atoms with Crippen molar-refractivity contribution in [3.63, 3.8) is 0 Å². The van der Waals surface area contributed by atoms with Gasteiger partial charge in [-0.25, -0.2) is 0 Å². The first-order valence-electron chi connectivity index (χ1n) is 6.44. The van der Waals surface area contributed by atoms with Crippen LogP contribution in [0.25, 0.3) is 0 Å². The van der Waals surface area contributed by atoms with E-state index in [9.17, 15) is 13.2 Å². The normalized spacial score (nSPS) is 13.2. The fourth-order valence-electron chi connectivity index (χ4n) is 2.14. The molecule has 0 saturated carbocycles. The highest BCUT2D eigenvalue weighted by Crippen LogP contribution is 2.36. The minimum atomic E-state index is -4.39. The van der Waals surface area contributed by atoms with Crippen molar-refractivity contribution in [2.75, 3.05) is 6.54 Å². The van der Waals surface area contributed by atoms with Crippen LogP contribution < -0.4 is 5.32 Å². The number of nitrogens with zero attached hydrogens (tertiary/aromatic N) is 1. The zero-order valence-electron chi connectivity index (χ0n) is 11.3. The standard InChI is InChI=1S/C15H14BrF3N2/c1-2-20-14(13-8-7-10(16)9-21-13)11-5-3-4-6-12(11)15(17,18)19/h3-9,14,20H,2H2,1H3. The van der Waals surface area contributed by atoms with Gasteiger partial charge in [-0.1, -0.05) is 25.1 Å². The summed E-state index contributed by atoms with van der Waals surface area (Å²) in [6.45, 7) is 2.39. The van der Waals surface area contributed by atoms with Gasteiger partial charge in [0.05, 0.1) is 17.3 Å². The van der Waals surface area contributed by atoms with Crippen molar-refractivity contribution in [1.29, 1.82) is 0 Å². The molecule has 6 heteroatoms.